The van der Waals surface area contributed by atoms with Gasteiger partial charge in [0.15, 0.2) is 0 Å². The highest BCUT2D eigenvalue weighted by atomic mass is 19.4. The lowest BCUT2D eigenvalue weighted by Gasteiger charge is -2.33. The highest BCUT2D eigenvalue weighted by molar-refractivity contribution is 6.38. The summed E-state index contributed by atoms with van der Waals surface area (Å²) >= 11 is 0. The number of alkyl halides is 6. The summed E-state index contributed by atoms with van der Waals surface area (Å²) in [5, 5.41) is 14.9. The van der Waals surface area contributed by atoms with E-state index >= 15 is 0 Å². The molecule has 4 atom stereocenters. The van der Waals surface area contributed by atoms with E-state index in [2.05, 4.69) is 5.32 Å². The number of carbonyl (C=O) groups excluding carboxylic acids is 4. The van der Waals surface area contributed by atoms with Gasteiger partial charge in [-0.05, 0) is 46.5 Å². The molecule has 1 saturated heterocycles. The molecular weight excluding hydrogens is 530 g/mol. The standard InChI is InChI=1S/C22H30F6N4O6/c1-20(2,23)15(31-19(37)38)18(36)32-9-10(22(26,27)28)8-13(32)16(34)30-12(6-7-21(3,24)25)14(33)17(35)29-11-4-5-11/h10-13,15,31H,4-9H2,1-3H3,(H,29,35)(H,30,34)(H,37,38)/t10-,12?,13+,15?/m1/s1. The second-order valence-corrected chi connectivity index (χ2v) is 10.2. The summed E-state index contributed by atoms with van der Waals surface area (Å²) in [5.74, 6) is -10.9. The number of hydrogen-bond acceptors (Lipinski definition) is 5. The largest absolute Gasteiger partial charge is 0.465 e. The average Bonchev–Trinajstić information content (AvgIpc) is 3.43. The van der Waals surface area contributed by atoms with Gasteiger partial charge in [0.25, 0.3) is 5.91 Å². The molecule has 2 rings (SSSR count). The van der Waals surface area contributed by atoms with Gasteiger partial charge in [-0.25, -0.2) is 18.0 Å². The van der Waals surface area contributed by atoms with Crippen molar-refractivity contribution >= 4 is 29.6 Å². The Morgan fingerprint density at radius 1 is 0.974 bits per heavy atom. The van der Waals surface area contributed by atoms with E-state index in [4.69, 9.17) is 5.11 Å². The third-order valence-corrected chi connectivity index (χ3v) is 6.19. The number of amides is 4. The van der Waals surface area contributed by atoms with Gasteiger partial charge in [-0.15, -0.1) is 0 Å². The number of carboxylic acid groups (broad SMARTS) is 1. The maximum absolute atomic E-state index is 14.6. The second-order valence-electron chi connectivity index (χ2n) is 10.2. The maximum atomic E-state index is 14.6. The van der Waals surface area contributed by atoms with Crippen molar-refractivity contribution in [2.24, 2.45) is 5.92 Å². The van der Waals surface area contributed by atoms with Crippen molar-refractivity contribution in [3.05, 3.63) is 0 Å². The SMILES string of the molecule is CC(F)(F)CCC(NC(=O)[C@@H]1C[C@@H](C(F)(F)F)CN1C(=O)C(NC(=O)O)C(C)(C)F)C(=O)C(=O)NC1CC1. The minimum absolute atomic E-state index is 0.298. The highest BCUT2D eigenvalue weighted by Crippen LogP contribution is 2.37. The van der Waals surface area contributed by atoms with Gasteiger partial charge in [0.2, 0.25) is 23.5 Å². The number of nitrogens with one attached hydrogen (secondary N) is 3. The molecule has 16 heteroatoms. The fourth-order valence-electron chi connectivity index (χ4n) is 3.96. The molecule has 2 fully saturated rings. The van der Waals surface area contributed by atoms with Crippen molar-refractivity contribution in [2.45, 2.75) is 94.8 Å². The molecule has 1 saturated carbocycles. The first kappa shape index (κ1) is 31.1. The van der Waals surface area contributed by atoms with E-state index in [1.807, 2.05) is 5.32 Å². The molecule has 0 aromatic carbocycles. The molecule has 1 heterocycles. The lowest BCUT2D eigenvalue weighted by atomic mass is 9.98. The highest BCUT2D eigenvalue weighted by Gasteiger charge is 2.53. The molecule has 216 valence electrons. The fraction of sp³-hybridized carbons (Fsp3) is 0.773. The van der Waals surface area contributed by atoms with Crippen LogP contribution in [0.2, 0.25) is 0 Å². The molecule has 4 amide bonds. The molecular formula is C22H30F6N4O6. The number of likely N-dealkylation sites (tertiary alicyclic amines) is 1. The van der Waals surface area contributed by atoms with E-state index in [1.54, 1.807) is 5.32 Å². The zero-order chi connectivity index (χ0) is 29.2. The molecule has 0 aromatic heterocycles. The Hall–Kier alpha value is -3.07. The molecule has 0 aromatic rings. The first-order chi connectivity index (χ1) is 17.2. The molecule has 10 nitrogen and oxygen atoms in total. The second kappa shape index (κ2) is 11.4. The topological polar surface area (TPSA) is 145 Å². The molecule has 2 unspecified atom stereocenters. The fourth-order valence-corrected chi connectivity index (χ4v) is 3.96. The summed E-state index contributed by atoms with van der Waals surface area (Å²) in [6.07, 6.45) is -8.31. The maximum Gasteiger partial charge on any atom is 0.405 e. The van der Waals surface area contributed by atoms with Crippen LogP contribution in [0, 0.1) is 5.92 Å². The minimum Gasteiger partial charge on any atom is -0.465 e. The van der Waals surface area contributed by atoms with Crippen LogP contribution < -0.4 is 16.0 Å². The van der Waals surface area contributed by atoms with E-state index in [-0.39, 0.29) is 6.04 Å². The van der Waals surface area contributed by atoms with Crippen LogP contribution in [-0.4, -0.2) is 88.1 Å². The number of hydrogen-bond donors (Lipinski definition) is 4. The van der Waals surface area contributed by atoms with Gasteiger partial charge in [-0.2, -0.15) is 13.2 Å². The Bertz CT molecular complexity index is 944. The zero-order valence-corrected chi connectivity index (χ0v) is 20.8. The Balaban J connectivity index is 2.33. The first-order valence-electron chi connectivity index (χ1n) is 11.8. The Morgan fingerprint density at radius 3 is 2.00 bits per heavy atom. The van der Waals surface area contributed by atoms with Crippen LogP contribution in [0.4, 0.5) is 31.1 Å². The van der Waals surface area contributed by atoms with Crippen LogP contribution in [-0.2, 0) is 19.2 Å². The van der Waals surface area contributed by atoms with Gasteiger partial charge in [0.05, 0.1) is 12.0 Å². The van der Waals surface area contributed by atoms with E-state index in [0.717, 1.165) is 13.8 Å². The van der Waals surface area contributed by atoms with Crippen LogP contribution in [0.25, 0.3) is 0 Å². The predicted octanol–water partition coefficient (Wildman–Crippen LogP) is 1.92. The van der Waals surface area contributed by atoms with Crippen LogP contribution in [0.3, 0.4) is 0 Å². The van der Waals surface area contributed by atoms with Gasteiger partial charge >= 0.3 is 12.3 Å². The van der Waals surface area contributed by atoms with Crippen LogP contribution in [0.1, 0.15) is 52.9 Å². The van der Waals surface area contributed by atoms with Crippen molar-refractivity contribution < 1.29 is 55.4 Å². The van der Waals surface area contributed by atoms with Crippen molar-refractivity contribution in [1.82, 2.24) is 20.9 Å². The van der Waals surface area contributed by atoms with E-state index in [1.165, 1.54) is 0 Å². The number of ketones is 1. The van der Waals surface area contributed by atoms with E-state index in [9.17, 15) is 50.3 Å². The summed E-state index contributed by atoms with van der Waals surface area (Å²) in [5.41, 5.74) is -2.60. The monoisotopic (exact) mass is 560 g/mol. The molecule has 0 spiro atoms. The normalized spacial score (nSPS) is 21.9. The van der Waals surface area contributed by atoms with Gasteiger partial charge in [-0.1, -0.05) is 0 Å². The van der Waals surface area contributed by atoms with Crippen molar-refractivity contribution in [3.8, 4) is 0 Å². The number of rotatable bonds is 11. The molecule has 1 aliphatic heterocycles. The molecule has 38 heavy (non-hydrogen) atoms. The van der Waals surface area contributed by atoms with E-state index < -0.39 is 97.2 Å². The number of carbonyl (C=O) groups is 5. The van der Waals surface area contributed by atoms with Gasteiger partial charge in [0.1, 0.15) is 17.8 Å². The lowest BCUT2D eigenvalue weighted by Crippen LogP contribution is -2.60. The smallest absolute Gasteiger partial charge is 0.405 e. The molecule has 4 N–H and O–H groups in total. The lowest BCUT2D eigenvalue weighted by molar-refractivity contribution is -0.171. The number of halogens is 6. The molecule has 2 aliphatic rings. The van der Waals surface area contributed by atoms with Crippen molar-refractivity contribution in [1.29, 1.82) is 0 Å². The van der Waals surface area contributed by atoms with Crippen LogP contribution in [0.5, 0.6) is 0 Å². The summed E-state index contributed by atoms with van der Waals surface area (Å²) in [6, 6.07) is -6.30. The van der Waals surface area contributed by atoms with Crippen LogP contribution >= 0.6 is 0 Å². The summed E-state index contributed by atoms with van der Waals surface area (Å²) in [4.78, 5) is 62.3. The Morgan fingerprint density at radius 2 is 1.55 bits per heavy atom. The molecule has 1 aliphatic carbocycles. The van der Waals surface area contributed by atoms with Gasteiger partial charge in [-0.3, -0.25) is 19.2 Å². The van der Waals surface area contributed by atoms with Gasteiger partial charge in [0, 0.05) is 19.0 Å². The number of nitrogens with zero attached hydrogens (tertiary/aromatic N) is 1. The minimum atomic E-state index is -4.90. The summed E-state index contributed by atoms with van der Waals surface area (Å²) in [7, 11) is 0. The molecule has 0 radical (unpaired) electrons. The van der Waals surface area contributed by atoms with Crippen molar-refractivity contribution in [3.63, 3.8) is 0 Å². The average molecular weight is 560 g/mol. The Labute approximate surface area is 213 Å². The third kappa shape index (κ3) is 8.75. The number of Topliss-reactive ketones (excluding diaryl/α,β-unsaturated/α-hetero) is 1. The predicted molar refractivity (Wildman–Crippen MR) is 118 cm³/mol. The van der Waals surface area contributed by atoms with E-state index in [0.29, 0.717) is 24.7 Å². The quantitative estimate of drug-likeness (QED) is 0.225. The Kier molecular flexibility index (Phi) is 9.31. The first-order valence-corrected chi connectivity index (χ1v) is 11.8. The zero-order valence-electron chi connectivity index (χ0n) is 20.8. The third-order valence-electron chi connectivity index (χ3n) is 6.19. The molecule has 0 bridgehead atoms. The van der Waals surface area contributed by atoms with Gasteiger partial charge < -0.3 is 26.0 Å². The summed E-state index contributed by atoms with van der Waals surface area (Å²) < 4.78 is 82.1. The summed E-state index contributed by atoms with van der Waals surface area (Å²) in [6.45, 7) is 1.01. The van der Waals surface area contributed by atoms with Crippen molar-refractivity contribution in [2.75, 3.05) is 6.54 Å². The van der Waals surface area contributed by atoms with Crippen LogP contribution in [0.15, 0.2) is 0 Å².